The van der Waals surface area contributed by atoms with Crippen LogP contribution in [0.4, 0.5) is 0 Å². The van der Waals surface area contributed by atoms with Gasteiger partial charge < -0.3 is 9.84 Å². The summed E-state index contributed by atoms with van der Waals surface area (Å²) < 4.78 is 29.5. The van der Waals surface area contributed by atoms with Crippen molar-refractivity contribution >= 4 is 15.4 Å². The zero-order chi connectivity index (χ0) is 14.2. The minimum absolute atomic E-state index is 0.0639. The van der Waals surface area contributed by atoms with Crippen LogP contribution >= 0.6 is 0 Å². The van der Waals surface area contributed by atoms with Gasteiger partial charge in [-0.3, -0.25) is 0 Å². The van der Waals surface area contributed by atoms with Gasteiger partial charge in [0.05, 0.1) is 4.90 Å². The van der Waals surface area contributed by atoms with E-state index in [1.807, 2.05) is 30.3 Å². The number of phenolic OH excluding ortho intramolecular Hbond substituents is 1. The van der Waals surface area contributed by atoms with Gasteiger partial charge in [0.15, 0.2) is 0 Å². The molecule has 0 unspecified atom stereocenters. The highest BCUT2D eigenvalue weighted by Gasteiger charge is 2.27. The minimum Gasteiger partial charge on any atom is -0.508 e. The van der Waals surface area contributed by atoms with Crippen LogP contribution in [-0.4, -0.2) is 20.1 Å². The second-order valence-electron chi connectivity index (χ2n) is 4.47. The highest BCUT2D eigenvalue weighted by atomic mass is 32.2. The van der Waals surface area contributed by atoms with E-state index in [1.165, 1.54) is 17.5 Å². The Morgan fingerprint density at radius 1 is 1.05 bits per heavy atom. The van der Waals surface area contributed by atoms with Crippen LogP contribution in [0.1, 0.15) is 5.56 Å². The van der Waals surface area contributed by atoms with Crippen molar-refractivity contribution in [3.63, 3.8) is 0 Å². The fraction of sp³-hybridized carbons (Fsp3) is 0.0667. The maximum absolute atomic E-state index is 12.0. The quantitative estimate of drug-likeness (QED) is 0.943. The molecular formula is C15H12O4S. The third kappa shape index (κ3) is 2.28. The number of hydrogen-bond donors (Lipinski definition) is 1. The Labute approximate surface area is 116 Å². The van der Waals surface area contributed by atoms with Crippen LogP contribution in [0.3, 0.4) is 0 Å². The third-order valence-electron chi connectivity index (χ3n) is 3.05. The summed E-state index contributed by atoms with van der Waals surface area (Å²) >= 11 is 0. The van der Waals surface area contributed by atoms with Gasteiger partial charge in [-0.1, -0.05) is 18.2 Å². The van der Waals surface area contributed by atoms with Gasteiger partial charge in [-0.05, 0) is 30.3 Å². The van der Waals surface area contributed by atoms with Crippen LogP contribution in [0.25, 0.3) is 5.57 Å². The fourth-order valence-corrected chi connectivity index (χ4v) is 3.60. The zero-order valence-electron chi connectivity index (χ0n) is 10.5. The van der Waals surface area contributed by atoms with Crippen molar-refractivity contribution < 1.29 is 18.3 Å². The molecule has 0 radical (unpaired) electrons. The summed E-state index contributed by atoms with van der Waals surface area (Å²) in [5.74, 6) is 0.615. The lowest BCUT2D eigenvalue weighted by Gasteiger charge is -2.07. The number of aromatic hydroxyl groups is 1. The molecule has 0 fully saturated rings. The average Bonchev–Trinajstić information content (AvgIpc) is 2.69. The zero-order valence-corrected chi connectivity index (χ0v) is 11.3. The molecule has 2 aromatic rings. The molecular weight excluding hydrogens is 276 g/mol. The Morgan fingerprint density at radius 2 is 1.80 bits per heavy atom. The smallest absolute Gasteiger partial charge is 0.200 e. The Balaban J connectivity index is 1.89. The van der Waals surface area contributed by atoms with E-state index >= 15 is 0 Å². The molecule has 0 amide bonds. The molecule has 1 aliphatic rings. The summed E-state index contributed by atoms with van der Waals surface area (Å²) in [6.07, 6.45) is 0. The van der Waals surface area contributed by atoms with Crippen molar-refractivity contribution in [3.8, 4) is 11.5 Å². The second-order valence-corrected chi connectivity index (χ2v) is 6.24. The Bertz CT molecular complexity index is 777. The molecule has 5 heteroatoms. The van der Waals surface area contributed by atoms with E-state index in [0.717, 1.165) is 0 Å². The maximum atomic E-state index is 12.0. The minimum atomic E-state index is -3.48. The predicted octanol–water partition coefficient (Wildman–Crippen LogP) is 2.60. The van der Waals surface area contributed by atoms with Gasteiger partial charge >= 0.3 is 0 Å². The molecule has 0 aliphatic carbocycles. The van der Waals surface area contributed by atoms with Crippen LogP contribution < -0.4 is 4.74 Å². The molecule has 1 aliphatic heterocycles. The van der Waals surface area contributed by atoms with E-state index in [0.29, 0.717) is 16.9 Å². The van der Waals surface area contributed by atoms with Gasteiger partial charge in [0.1, 0.15) is 18.1 Å². The van der Waals surface area contributed by atoms with E-state index in [9.17, 15) is 13.5 Å². The number of fused-ring (bicyclic) bond motifs is 1. The summed E-state index contributed by atoms with van der Waals surface area (Å²) in [7, 11) is -3.48. The Morgan fingerprint density at radius 3 is 2.55 bits per heavy atom. The lowest BCUT2D eigenvalue weighted by Crippen LogP contribution is -1.99. The van der Waals surface area contributed by atoms with Crippen LogP contribution in [0, 0.1) is 0 Å². The largest absolute Gasteiger partial charge is 0.508 e. The number of rotatable bonds is 3. The van der Waals surface area contributed by atoms with Crippen LogP contribution in [0.2, 0.25) is 0 Å². The first-order valence-electron chi connectivity index (χ1n) is 6.03. The first kappa shape index (κ1) is 12.7. The van der Waals surface area contributed by atoms with Gasteiger partial charge in [-0.2, -0.15) is 0 Å². The van der Waals surface area contributed by atoms with Crippen LogP contribution in [-0.2, 0) is 9.84 Å². The van der Waals surface area contributed by atoms with E-state index in [-0.39, 0.29) is 17.3 Å². The standard InChI is InChI=1S/C15H12O4S/c16-12-6-7-14-11(10-20(17,18)15(14)8-12)9-19-13-4-2-1-3-5-13/h1-8,10,16H,9H2. The molecule has 4 nitrogen and oxygen atoms in total. The monoisotopic (exact) mass is 288 g/mol. The van der Waals surface area contributed by atoms with Gasteiger partial charge in [0.25, 0.3) is 0 Å². The fourth-order valence-electron chi connectivity index (χ4n) is 2.12. The summed E-state index contributed by atoms with van der Waals surface area (Å²) in [5.41, 5.74) is 1.17. The molecule has 1 N–H and O–H groups in total. The molecule has 1 heterocycles. The van der Waals surface area contributed by atoms with Crippen molar-refractivity contribution in [1.82, 2.24) is 0 Å². The Hall–Kier alpha value is -2.27. The van der Waals surface area contributed by atoms with Gasteiger partial charge in [-0.25, -0.2) is 8.42 Å². The van der Waals surface area contributed by atoms with Crippen LogP contribution in [0.5, 0.6) is 11.5 Å². The number of sulfone groups is 1. The normalized spacial score (nSPS) is 15.5. The average molecular weight is 288 g/mol. The SMILES string of the molecule is O=S1(=O)C=C(COc2ccccc2)c2ccc(O)cc21. The molecule has 0 spiro atoms. The third-order valence-corrected chi connectivity index (χ3v) is 4.60. The van der Waals surface area contributed by atoms with Gasteiger partial charge in [0, 0.05) is 16.5 Å². The number of benzene rings is 2. The highest BCUT2D eigenvalue weighted by Crippen LogP contribution is 2.35. The number of hydrogen-bond acceptors (Lipinski definition) is 4. The molecule has 0 saturated heterocycles. The van der Waals surface area contributed by atoms with Crippen molar-refractivity contribution in [1.29, 1.82) is 0 Å². The predicted molar refractivity (Wildman–Crippen MR) is 75.2 cm³/mol. The summed E-state index contributed by atoms with van der Waals surface area (Å²) in [4.78, 5) is 0.129. The van der Waals surface area contributed by atoms with Crippen molar-refractivity contribution in [3.05, 3.63) is 59.5 Å². The second kappa shape index (κ2) is 4.68. The molecule has 3 rings (SSSR count). The number of ether oxygens (including phenoxy) is 1. The highest BCUT2D eigenvalue weighted by molar-refractivity contribution is 7.95. The topological polar surface area (TPSA) is 63.6 Å². The summed E-state index contributed by atoms with van der Waals surface area (Å²) in [5, 5.41) is 10.6. The number of phenols is 1. The summed E-state index contributed by atoms with van der Waals surface area (Å²) in [6, 6.07) is 13.5. The molecule has 20 heavy (non-hydrogen) atoms. The van der Waals surface area contributed by atoms with E-state index < -0.39 is 9.84 Å². The van der Waals surface area contributed by atoms with Crippen molar-refractivity contribution in [2.45, 2.75) is 4.90 Å². The van der Waals surface area contributed by atoms with E-state index in [2.05, 4.69) is 0 Å². The van der Waals surface area contributed by atoms with Gasteiger partial charge in [-0.15, -0.1) is 0 Å². The molecule has 102 valence electrons. The summed E-state index contributed by atoms with van der Waals surface area (Å²) in [6.45, 7) is 0.168. The lowest BCUT2D eigenvalue weighted by molar-refractivity contribution is 0.370. The molecule has 0 aromatic heterocycles. The van der Waals surface area contributed by atoms with E-state index in [4.69, 9.17) is 4.74 Å². The van der Waals surface area contributed by atoms with Crippen LogP contribution in [0.15, 0.2) is 58.8 Å². The molecule has 0 atom stereocenters. The van der Waals surface area contributed by atoms with Crippen molar-refractivity contribution in [2.24, 2.45) is 0 Å². The Kier molecular flexibility index (Phi) is 2.99. The van der Waals surface area contributed by atoms with Crippen molar-refractivity contribution in [2.75, 3.05) is 6.61 Å². The lowest BCUT2D eigenvalue weighted by atomic mass is 10.1. The molecule has 0 saturated carbocycles. The maximum Gasteiger partial charge on any atom is 0.200 e. The first-order chi connectivity index (χ1) is 9.56. The van der Waals surface area contributed by atoms with E-state index in [1.54, 1.807) is 6.07 Å². The number of para-hydroxylation sites is 1. The molecule has 0 bridgehead atoms. The first-order valence-corrected chi connectivity index (χ1v) is 7.58. The molecule has 2 aromatic carbocycles. The van der Waals surface area contributed by atoms with Gasteiger partial charge in [0.2, 0.25) is 9.84 Å².